The van der Waals surface area contributed by atoms with Gasteiger partial charge in [0.1, 0.15) is 5.92 Å². The molecule has 0 heterocycles. The van der Waals surface area contributed by atoms with Gasteiger partial charge in [-0.2, -0.15) is 5.26 Å². The summed E-state index contributed by atoms with van der Waals surface area (Å²) < 4.78 is 0. The topological polar surface area (TPSA) is 40.9 Å². The third-order valence-electron chi connectivity index (χ3n) is 3.00. The SMILES string of the molecule is N#CC1CCCC2(CC2)C1=O. The van der Waals surface area contributed by atoms with E-state index in [0.717, 1.165) is 32.1 Å². The van der Waals surface area contributed by atoms with Crippen LogP contribution in [0.25, 0.3) is 0 Å². The van der Waals surface area contributed by atoms with Crippen molar-refractivity contribution < 1.29 is 4.79 Å². The molecule has 11 heavy (non-hydrogen) atoms. The molecular formula is C9H11NO. The normalized spacial score (nSPS) is 33.4. The lowest BCUT2D eigenvalue weighted by molar-refractivity contribution is -0.128. The van der Waals surface area contributed by atoms with Gasteiger partial charge in [0.25, 0.3) is 0 Å². The predicted octanol–water partition coefficient (Wildman–Crippen LogP) is 1.66. The molecule has 0 saturated heterocycles. The second-order valence-corrected chi connectivity index (χ2v) is 3.72. The monoisotopic (exact) mass is 149 g/mol. The molecule has 2 aliphatic carbocycles. The molecule has 2 nitrogen and oxygen atoms in total. The molecule has 0 bridgehead atoms. The smallest absolute Gasteiger partial charge is 0.156 e. The lowest BCUT2D eigenvalue weighted by atomic mass is 9.78. The van der Waals surface area contributed by atoms with Crippen LogP contribution in [0.15, 0.2) is 0 Å². The van der Waals surface area contributed by atoms with Crippen LogP contribution >= 0.6 is 0 Å². The molecule has 58 valence electrons. The van der Waals surface area contributed by atoms with Gasteiger partial charge in [-0.1, -0.05) is 6.42 Å². The van der Waals surface area contributed by atoms with Crippen LogP contribution in [0, 0.1) is 22.7 Å². The first-order chi connectivity index (χ1) is 5.28. The molecule has 0 amide bonds. The number of nitriles is 1. The molecule has 0 aromatic rings. The standard InChI is InChI=1S/C9H11NO/c10-6-7-2-1-3-9(4-5-9)8(7)11/h7H,1-5H2. The van der Waals surface area contributed by atoms with E-state index in [-0.39, 0.29) is 17.1 Å². The lowest BCUT2D eigenvalue weighted by Crippen LogP contribution is -2.28. The van der Waals surface area contributed by atoms with E-state index in [4.69, 9.17) is 5.26 Å². The Morgan fingerprint density at radius 3 is 2.73 bits per heavy atom. The summed E-state index contributed by atoms with van der Waals surface area (Å²) in [6, 6.07) is 2.10. The summed E-state index contributed by atoms with van der Waals surface area (Å²) in [5.41, 5.74) is -0.00134. The van der Waals surface area contributed by atoms with E-state index in [2.05, 4.69) is 6.07 Å². The van der Waals surface area contributed by atoms with Crippen molar-refractivity contribution in [2.45, 2.75) is 32.1 Å². The predicted molar refractivity (Wildman–Crippen MR) is 39.6 cm³/mol. The Bertz CT molecular complexity index is 234. The van der Waals surface area contributed by atoms with Gasteiger partial charge in [0.15, 0.2) is 5.78 Å². The van der Waals surface area contributed by atoms with Crippen molar-refractivity contribution in [2.24, 2.45) is 11.3 Å². The minimum absolute atomic E-state index is 0.00134. The summed E-state index contributed by atoms with van der Waals surface area (Å²) >= 11 is 0. The van der Waals surface area contributed by atoms with Gasteiger partial charge in [0.05, 0.1) is 6.07 Å². The van der Waals surface area contributed by atoms with Crippen LogP contribution in [0.5, 0.6) is 0 Å². The summed E-state index contributed by atoms with van der Waals surface area (Å²) in [5.74, 6) is -0.0301. The van der Waals surface area contributed by atoms with Crippen molar-refractivity contribution in [3.8, 4) is 6.07 Å². The second kappa shape index (κ2) is 2.07. The van der Waals surface area contributed by atoms with E-state index >= 15 is 0 Å². The van der Waals surface area contributed by atoms with Crippen molar-refractivity contribution >= 4 is 5.78 Å². The highest BCUT2D eigenvalue weighted by Crippen LogP contribution is 2.54. The van der Waals surface area contributed by atoms with Gasteiger partial charge in [-0.25, -0.2) is 0 Å². The Morgan fingerprint density at radius 2 is 2.18 bits per heavy atom. The molecule has 2 saturated carbocycles. The Labute approximate surface area is 66.2 Å². The van der Waals surface area contributed by atoms with Crippen LogP contribution in [0.2, 0.25) is 0 Å². The molecule has 0 radical (unpaired) electrons. The molecule has 0 aromatic carbocycles. The van der Waals surface area contributed by atoms with Gasteiger partial charge in [-0.3, -0.25) is 4.79 Å². The largest absolute Gasteiger partial charge is 0.298 e. The third kappa shape index (κ3) is 0.875. The van der Waals surface area contributed by atoms with E-state index in [1.807, 2.05) is 0 Å². The highest BCUT2D eigenvalue weighted by Gasteiger charge is 2.53. The van der Waals surface area contributed by atoms with Gasteiger partial charge in [0.2, 0.25) is 0 Å². The highest BCUT2D eigenvalue weighted by molar-refractivity contribution is 5.91. The minimum atomic E-state index is -0.272. The number of carbonyl (C=O) groups is 1. The molecule has 0 aromatic heterocycles. The molecule has 2 aliphatic rings. The Balaban J connectivity index is 2.18. The Kier molecular flexibility index (Phi) is 1.29. The van der Waals surface area contributed by atoms with E-state index < -0.39 is 0 Å². The van der Waals surface area contributed by atoms with Crippen LogP contribution in [0.4, 0.5) is 0 Å². The van der Waals surface area contributed by atoms with Crippen LogP contribution in [-0.2, 0) is 4.79 Å². The summed E-state index contributed by atoms with van der Waals surface area (Å²) in [4.78, 5) is 11.5. The maximum atomic E-state index is 11.5. The average molecular weight is 149 g/mol. The van der Waals surface area contributed by atoms with Gasteiger partial charge in [-0.05, 0) is 25.7 Å². The molecule has 2 rings (SSSR count). The molecular weight excluding hydrogens is 138 g/mol. The summed E-state index contributed by atoms with van der Waals surface area (Å²) in [6.45, 7) is 0. The minimum Gasteiger partial charge on any atom is -0.298 e. The van der Waals surface area contributed by atoms with Crippen molar-refractivity contribution in [1.29, 1.82) is 5.26 Å². The van der Waals surface area contributed by atoms with Crippen LogP contribution in [0.3, 0.4) is 0 Å². The summed E-state index contributed by atoms with van der Waals surface area (Å²) in [5, 5.41) is 8.65. The molecule has 2 fully saturated rings. The van der Waals surface area contributed by atoms with Crippen molar-refractivity contribution in [1.82, 2.24) is 0 Å². The van der Waals surface area contributed by atoms with Gasteiger partial charge in [-0.15, -0.1) is 0 Å². The zero-order valence-electron chi connectivity index (χ0n) is 6.47. The van der Waals surface area contributed by atoms with Gasteiger partial charge >= 0.3 is 0 Å². The maximum Gasteiger partial charge on any atom is 0.156 e. The fourth-order valence-corrected chi connectivity index (χ4v) is 2.04. The van der Waals surface area contributed by atoms with Crippen molar-refractivity contribution in [3.63, 3.8) is 0 Å². The summed E-state index contributed by atoms with van der Waals surface area (Å²) in [6.07, 6.45) is 5.01. The van der Waals surface area contributed by atoms with E-state index in [1.165, 1.54) is 0 Å². The Hall–Kier alpha value is -0.840. The molecule has 0 aliphatic heterocycles. The lowest BCUT2D eigenvalue weighted by Gasteiger charge is -2.22. The first-order valence-corrected chi connectivity index (χ1v) is 4.22. The zero-order chi connectivity index (χ0) is 7.90. The number of ketones is 1. The quantitative estimate of drug-likeness (QED) is 0.525. The van der Waals surface area contributed by atoms with Crippen LogP contribution in [-0.4, -0.2) is 5.78 Å². The summed E-state index contributed by atoms with van der Waals surface area (Å²) in [7, 11) is 0. The van der Waals surface area contributed by atoms with Gasteiger partial charge in [0, 0.05) is 5.41 Å². The molecule has 1 spiro atoms. The number of carbonyl (C=O) groups excluding carboxylic acids is 1. The molecule has 2 heteroatoms. The average Bonchev–Trinajstić information content (AvgIpc) is 2.77. The second-order valence-electron chi connectivity index (χ2n) is 3.72. The van der Waals surface area contributed by atoms with Crippen LogP contribution in [0.1, 0.15) is 32.1 Å². The number of Topliss-reactive ketones (excluding diaryl/α,β-unsaturated/α-hetero) is 1. The third-order valence-corrected chi connectivity index (χ3v) is 3.00. The number of nitrogens with zero attached hydrogens (tertiary/aromatic N) is 1. The first kappa shape index (κ1) is 6.84. The molecule has 1 atom stereocenters. The first-order valence-electron chi connectivity index (χ1n) is 4.22. The highest BCUT2D eigenvalue weighted by atomic mass is 16.1. The van der Waals surface area contributed by atoms with E-state index in [0.29, 0.717) is 0 Å². The van der Waals surface area contributed by atoms with Gasteiger partial charge < -0.3 is 0 Å². The number of rotatable bonds is 0. The fourth-order valence-electron chi connectivity index (χ4n) is 2.04. The fraction of sp³-hybridized carbons (Fsp3) is 0.778. The maximum absolute atomic E-state index is 11.5. The van der Waals surface area contributed by atoms with E-state index in [1.54, 1.807) is 0 Å². The number of hydrogen-bond donors (Lipinski definition) is 0. The molecule has 1 unspecified atom stereocenters. The number of hydrogen-bond acceptors (Lipinski definition) is 2. The van der Waals surface area contributed by atoms with E-state index in [9.17, 15) is 4.79 Å². The zero-order valence-corrected chi connectivity index (χ0v) is 6.47. The van der Waals surface area contributed by atoms with Crippen LogP contribution < -0.4 is 0 Å². The Morgan fingerprint density at radius 1 is 1.45 bits per heavy atom. The molecule has 0 N–H and O–H groups in total. The van der Waals surface area contributed by atoms with Crippen molar-refractivity contribution in [2.75, 3.05) is 0 Å². The van der Waals surface area contributed by atoms with Crippen molar-refractivity contribution in [3.05, 3.63) is 0 Å².